The molecule has 1 aliphatic rings. The number of aliphatic hydroxyl groups excluding tert-OH is 1. The van der Waals surface area contributed by atoms with Gasteiger partial charge in [-0.2, -0.15) is 0 Å². The molecule has 0 spiro atoms. The summed E-state index contributed by atoms with van der Waals surface area (Å²) in [6.07, 6.45) is 3.84. The van der Waals surface area contributed by atoms with Crippen molar-refractivity contribution in [1.29, 1.82) is 0 Å². The molecule has 0 radical (unpaired) electrons. The lowest BCUT2D eigenvalue weighted by atomic mass is 10.3. The highest BCUT2D eigenvalue weighted by Gasteiger charge is 2.17. The molecule has 0 atom stereocenters. The molecule has 19 heavy (non-hydrogen) atoms. The van der Waals surface area contributed by atoms with E-state index < -0.39 is 0 Å². The van der Waals surface area contributed by atoms with E-state index in [2.05, 4.69) is 19.4 Å². The molecule has 6 nitrogen and oxygen atoms in total. The molecular formula is C13H24N4O2. The van der Waals surface area contributed by atoms with Crippen molar-refractivity contribution in [1.82, 2.24) is 19.4 Å². The Hall–Kier alpha value is -0.950. The predicted octanol–water partition coefficient (Wildman–Crippen LogP) is -0.453. The van der Waals surface area contributed by atoms with E-state index in [0.717, 1.165) is 45.1 Å². The molecule has 1 aliphatic heterocycles. The van der Waals surface area contributed by atoms with Gasteiger partial charge in [0, 0.05) is 52.2 Å². The first kappa shape index (κ1) is 14.5. The minimum atomic E-state index is 0.109. The maximum absolute atomic E-state index is 8.63. The Kier molecular flexibility index (Phi) is 5.78. The molecule has 2 heterocycles. The van der Waals surface area contributed by atoms with Crippen LogP contribution in [0.25, 0.3) is 0 Å². The zero-order chi connectivity index (χ0) is 13.5. The molecule has 0 aliphatic carbocycles. The van der Waals surface area contributed by atoms with Crippen LogP contribution in [0.3, 0.4) is 0 Å². The smallest absolute Gasteiger partial charge is 0.122 e. The van der Waals surface area contributed by atoms with Crippen molar-refractivity contribution in [3.05, 3.63) is 18.2 Å². The van der Waals surface area contributed by atoms with Crippen LogP contribution < -0.4 is 0 Å². The second-order valence-electron chi connectivity index (χ2n) is 4.91. The first-order valence-electron chi connectivity index (χ1n) is 6.89. The molecule has 0 aromatic carbocycles. The highest BCUT2D eigenvalue weighted by Crippen LogP contribution is 2.06. The minimum absolute atomic E-state index is 0.109. The number of piperazine rings is 1. The predicted molar refractivity (Wildman–Crippen MR) is 72.8 cm³/mol. The molecule has 1 saturated heterocycles. The summed E-state index contributed by atoms with van der Waals surface area (Å²) in [5.74, 6) is 1.12. The zero-order valence-electron chi connectivity index (χ0n) is 11.7. The highest BCUT2D eigenvalue weighted by atomic mass is 16.5. The topological polar surface area (TPSA) is 53.8 Å². The van der Waals surface area contributed by atoms with Crippen molar-refractivity contribution in [2.24, 2.45) is 7.05 Å². The number of imidazole rings is 1. The molecule has 1 fully saturated rings. The molecular weight excluding hydrogens is 244 g/mol. The highest BCUT2D eigenvalue weighted by molar-refractivity contribution is 4.91. The van der Waals surface area contributed by atoms with Crippen LogP contribution >= 0.6 is 0 Å². The van der Waals surface area contributed by atoms with Crippen LogP contribution in [0.2, 0.25) is 0 Å². The fourth-order valence-electron chi connectivity index (χ4n) is 2.28. The number of aromatic nitrogens is 2. The minimum Gasteiger partial charge on any atom is -0.394 e. The Bertz CT molecular complexity index is 361. The summed E-state index contributed by atoms with van der Waals surface area (Å²) in [5.41, 5.74) is 0. The van der Waals surface area contributed by atoms with Crippen molar-refractivity contribution >= 4 is 0 Å². The third-order valence-electron chi connectivity index (χ3n) is 3.54. The number of hydrogen-bond acceptors (Lipinski definition) is 5. The second kappa shape index (κ2) is 7.59. The third kappa shape index (κ3) is 4.58. The summed E-state index contributed by atoms with van der Waals surface area (Å²) in [4.78, 5) is 9.21. The van der Waals surface area contributed by atoms with Crippen molar-refractivity contribution < 1.29 is 9.84 Å². The number of ether oxygens (including phenoxy) is 1. The van der Waals surface area contributed by atoms with Crippen LogP contribution in [-0.2, 0) is 18.3 Å². The van der Waals surface area contributed by atoms with E-state index in [-0.39, 0.29) is 6.61 Å². The molecule has 0 amide bonds. The third-order valence-corrected chi connectivity index (χ3v) is 3.54. The van der Waals surface area contributed by atoms with E-state index in [1.807, 2.05) is 19.4 Å². The van der Waals surface area contributed by atoms with Gasteiger partial charge in [-0.3, -0.25) is 9.80 Å². The summed E-state index contributed by atoms with van der Waals surface area (Å²) < 4.78 is 7.37. The summed E-state index contributed by atoms with van der Waals surface area (Å²) in [7, 11) is 2.04. The number of rotatable bonds is 7. The molecule has 1 N–H and O–H groups in total. The summed E-state index contributed by atoms with van der Waals surface area (Å²) in [5, 5.41) is 8.63. The Morgan fingerprint density at radius 3 is 2.58 bits per heavy atom. The standard InChI is InChI=1S/C13H24N4O2/c1-15-3-2-14-13(15)12-17-6-4-16(5-7-17)8-10-19-11-9-18/h2-3,18H,4-12H2,1H3. The molecule has 6 heteroatoms. The van der Waals surface area contributed by atoms with Gasteiger partial charge in [-0.25, -0.2) is 4.98 Å². The molecule has 1 aromatic heterocycles. The maximum atomic E-state index is 8.63. The van der Waals surface area contributed by atoms with Gasteiger partial charge in [0.15, 0.2) is 0 Å². The van der Waals surface area contributed by atoms with Gasteiger partial charge in [-0.05, 0) is 0 Å². The lowest BCUT2D eigenvalue weighted by Crippen LogP contribution is -2.47. The van der Waals surface area contributed by atoms with Crippen molar-refractivity contribution in [3.63, 3.8) is 0 Å². The van der Waals surface area contributed by atoms with E-state index in [9.17, 15) is 0 Å². The summed E-state index contributed by atoms with van der Waals surface area (Å²) >= 11 is 0. The van der Waals surface area contributed by atoms with Gasteiger partial charge in [-0.15, -0.1) is 0 Å². The average molecular weight is 268 g/mol. The van der Waals surface area contributed by atoms with Crippen molar-refractivity contribution in [2.45, 2.75) is 6.54 Å². The Morgan fingerprint density at radius 1 is 1.21 bits per heavy atom. The summed E-state index contributed by atoms with van der Waals surface area (Å²) in [6.45, 7) is 7.45. The lowest BCUT2D eigenvalue weighted by Gasteiger charge is -2.34. The molecule has 2 rings (SSSR count). The fraction of sp³-hybridized carbons (Fsp3) is 0.769. The number of hydrogen-bond donors (Lipinski definition) is 1. The normalized spacial score (nSPS) is 18.0. The van der Waals surface area contributed by atoms with Crippen LogP contribution in [0, 0.1) is 0 Å². The van der Waals surface area contributed by atoms with Gasteiger partial charge in [0.25, 0.3) is 0 Å². The lowest BCUT2D eigenvalue weighted by molar-refractivity contribution is 0.0558. The van der Waals surface area contributed by atoms with Gasteiger partial charge < -0.3 is 14.4 Å². The van der Waals surface area contributed by atoms with Crippen molar-refractivity contribution in [2.75, 3.05) is 52.5 Å². The fourth-order valence-corrected chi connectivity index (χ4v) is 2.28. The maximum Gasteiger partial charge on any atom is 0.122 e. The molecule has 0 saturated carbocycles. The average Bonchev–Trinajstić information content (AvgIpc) is 2.82. The van der Waals surface area contributed by atoms with E-state index in [4.69, 9.17) is 9.84 Å². The van der Waals surface area contributed by atoms with E-state index in [1.54, 1.807) is 0 Å². The van der Waals surface area contributed by atoms with Crippen LogP contribution in [0.5, 0.6) is 0 Å². The van der Waals surface area contributed by atoms with Gasteiger partial charge in [-0.1, -0.05) is 0 Å². The number of aliphatic hydroxyl groups is 1. The zero-order valence-corrected chi connectivity index (χ0v) is 11.7. The summed E-state index contributed by atoms with van der Waals surface area (Å²) in [6, 6.07) is 0. The first-order valence-corrected chi connectivity index (χ1v) is 6.89. The van der Waals surface area contributed by atoms with E-state index in [0.29, 0.717) is 13.2 Å². The second-order valence-corrected chi connectivity index (χ2v) is 4.91. The molecule has 1 aromatic rings. The van der Waals surface area contributed by atoms with Crippen LogP contribution in [0.4, 0.5) is 0 Å². The van der Waals surface area contributed by atoms with Gasteiger partial charge in [0.2, 0.25) is 0 Å². The Balaban J connectivity index is 1.64. The quantitative estimate of drug-likeness (QED) is 0.679. The van der Waals surface area contributed by atoms with Gasteiger partial charge in [0.05, 0.1) is 26.4 Å². The first-order chi connectivity index (χ1) is 9.29. The Morgan fingerprint density at radius 2 is 1.95 bits per heavy atom. The van der Waals surface area contributed by atoms with Gasteiger partial charge in [0.1, 0.15) is 5.82 Å². The van der Waals surface area contributed by atoms with Crippen LogP contribution in [-0.4, -0.2) is 77.0 Å². The number of aryl methyl sites for hydroxylation is 1. The van der Waals surface area contributed by atoms with Crippen molar-refractivity contribution in [3.8, 4) is 0 Å². The van der Waals surface area contributed by atoms with Gasteiger partial charge >= 0.3 is 0 Å². The monoisotopic (exact) mass is 268 g/mol. The van der Waals surface area contributed by atoms with Crippen LogP contribution in [0.15, 0.2) is 12.4 Å². The number of nitrogens with zero attached hydrogens (tertiary/aromatic N) is 4. The van der Waals surface area contributed by atoms with Crippen LogP contribution in [0.1, 0.15) is 5.82 Å². The Labute approximate surface area is 114 Å². The SMILES string of the molecule is Cn1ccnc1CN1CCN(CCOCCO)CC1. The molecule has 0 unspecified atom stereocenters. The van der Waals surface area contributed by atoms with E-state index >= 15 is 0 Å². The largest absolute Gasteiger partial charge is 0.394 e. The van der Waals surface area contributed by atoms with E-state index in [1.165, 1.54) is 0 Å². The molecule has 0 bridgehead atoms. The molecule has 108 valence electrons.